The van der Waals surface area contributed by atoms with Gasteiger partial charge in [-0.2, -0.15) is 5.01 Å². The van der Waals surface area contributed by atoms with Crippen LogP contribution in [0.5, 0.6) is 0 Å². The molecule has 3 aliphatic heterocycles. The van der Waals surface area contributed by atoms with Gasteiger partial charge < -0.3 is 9.47 Å². The molecular formula is C33H38N4O7S. The third-order valence-corrected chi connectivity index (χ3v) is 9.31. The van der Waals surface area contributed by atoms with Crippen LogP contribution >= 0.6 is 0 Å². The fourth-order valence-electron chi connectivity index (χ4n) is 6.21. The molecule has 3 saturated heterocycles. The molecule has 6 rings (SSSR count). The Balaban J connectivity index is 1.51. The average Bonchev–Trinajstić information content (AvgIpc) is 3.39. The van der Waals surface area contributed by atoms with Crippen molar-refractivity contribution < 1.29 is 32.3 Å². The highest BCUT2D eigenvalue weighted by Crippen LogP contribution is 2.59. The molecule has 1 N–H and O–H groups in total. The molecule has 0 radical (unpaired) electrons. The molecule has 0 aliphatic carbocycles. The van der Waals surface area contributed by atoms with Crippen molar-refractivity contribution in [3.8, 4) is 0 Å². The topological polar surface area (TPSA) is 126 Å². The first kappa shape index (κ1) is 32.1. The van der Waals surface area contributed by atoms with Gasteiger partial charge in [0.05, 0.1) is 48.0 Å². The van der Waals surface area contributed by atoms with Crippen molar-refractivity contribution in [2.45, 2.75) is 69.3 Å². The van der Waals surface area contributed by atoms with Gasteiger partial charge in [0.15, 0.2) is 0 Å². The first-order chi connectivity index (χ1) is 21.4. The molecule has 2 bridgehead atoms. The van der Waals surface area contributed by atoms with E-state index >= 15 is 0 Å². The molecule has 3 aromatic carbocycles. The van der Waals surface area contributed by atoms with Crippen LogP contribution in [0.4, 0.5) is 11.4 Å². The molecule has 3 aromatic rings. The van der Waals surface area contributed by atoms with Gasteiger partial charge in [-0.1, -0.05) is 48.5 Å². The highest BCUT2D eigenvalue weighted by Gasteiger charge is 2.76. The highest BCUT2D eigenvalue weighted by atomic mass is 32.2. The second-order valence-electron chi connectivity index (χ2n) is 11.7. The SMILES string of the molecule is CC(C)OC(=O)CN(CC(=O)OC(C)C)C12C(=O)N(c3ccc(NS(=O)(=O)c4ccccc4)cc3)N(C1C)C2c1ccccc1. The minimum absolute atomic E-state index is 0.129. The van der Waals surface area contributed by atoms with E-state index in [-0.39, 0.29) is 36.1 Å². The van der Waals surface area contributed by atoms with E-state index in [0.29, 0.717) is 11.4 Å². The molecule has 0 saturated carbocycles. The molecule has 3 fully saturated rings. The first-order valence-corrected chi connectivity index (χ1v) is 16.3. The molecule has 4 atom stereocenters. The summed E-state index contributed by atoms with van der Waals surface area (Å²) in [5.74, 6) is -1.44. The quantitative estimate of drug-likeness (QED) is 0.293. The Labute approximate surface area is 263 Å². The summed E-state index contributed by atoms with van der Waals surface area (Å²) < 4.78 is 39.2. The number of nitrogens with one attached hydrogen (secondary N) is 1. The Morgan fingerprint density at radius 3 is 1.87 bits per heavy atom. The van der Waals surface area contributed by atoms with Crippen molar-refractivity contribution in [1.82, 2.24) is 9.91 Å². The zero-order valence-electron chi connectivity index (χ0n) is 25.9. The highest BCUT2D eigenvalue weighted by molar-refractivity contribution is 7.92. The van der Waals surface area contributed by atoms with Crippen LogP contribution in [0.15, 0.2) is 89.8 Å². The van der Waals surface area contributed by atoms with Gasteiger partial charge in [-0.05, 0) is 76.6 Å². The third kappa shape index (κ3) is 6.05. The molecule has 4 unspecified atom stereocenters. The monoisotopic (exact) mass is 634 g/mol. The van der Waals surface area contributed by atoms with E-state index in [1.54, 1.807) is 80.1 Å². The summed E-state index contributed by atoms with van der Waals surface area (Å²) in [5, 5.41) is 3.47. The Morgan fingerprint density at radius 1 is 0.844 bits per heavy atom. The number of esters is 2. The van der Waals surface area contributed by atoms with Gasteiger partial charge in [-0.3, -0.25) is 24.0 Å². The number of hydrogen-bond acceptors (Lipinski definition) is 9. The average molecular weight is 635 g/mol. The molecule has 3 heterocycles. The Bertz CT molecular complexity index is 1630. The summed E-state index contributed by atoms with van der Waals surface area (Å²) in [6.07, 6.45) is -0.762. The number of anilines is 2. The van der Waals surface area contributed by atoms with E-state index in [1.165, 1.54) is 12.1 Å². The van der Waals surface area contributed by atoms with Gasteiger partial charge >= 0.3 is 11.9 Å². The molecule has 12 heteroatoms. The number of carbonyl (C=O) groups excluding carboxylic acids is 3. The van der Waals surface area contributed by atoms with E-state index in [2.05, 4.69) is 4.72 Å². The van der Waals surface area contributed by atoms with Crippen molar-refractivity contribution in [1.29, 1.82) is 0 Å². The minimum Gasteiger partial charge on any atom is -0.462 e. The zero-order valence-corrected chi connectivity index (χ0v) is 26.7. The van der Waals surface area contributed by atoms with E-state index in [0.717, 1.165) is 5.56 Å². The van der Waals surface area contributed by atoms with Crippen LogP contribution in [0.2, 0.25) is 0 Å². The number of sulfonamides is 1. The number of carbonyl (C=O) groups is 3. The number of benzene rings is 3. The maximum Gasteiger partial charge on any atom is 0.320 e. The van der Waals surface area contributed by atoms with Crippen molar-refractivity contribution in [3.05, 3.63) is 90.5 Å². The van der Waals surface area contributed by atoms with Crippen molar-refractivity contribution in [3.63, 3.8) is 0 Å². The van der Waals surface area contributed by atoms with E-state index < -0.39 is 39.6 Å². The first-order valence-electron chi connectivity index (χ1n) is 14.9. The molecule has 11 nitrogen and oxygen atoms in total. The predicted molar refractivity (Wildman–Crippen MR) is 168 cm³/mol. The van der Waals surface area contributed by atoms with Gasteiger partial charge in [0.25, 0.3) is 15.9 Å². The minimum atomic E-state index is -3.81. The van der Waals surface area contributed by atoms with Crippen LogP contribution in [0.1, 0.15) is 46.2 Å². The van der Waals surface area contributed by atoms with Gasteiger partial charge in [0.1, 0.15) is 5.54 Å². The number of amides is 1. The van der Waals surface area contributed by atoms with Crippen LogP contribution in [-0.4, -0.2) is 73.1 Å². The van der Waals surface area contributed by atoms with Crippen LogP contribution in [0, 0.1) is 0 Å². The maximum atomic E-state index is 14.6. The lowest BCUT2D eigenvalue weighted by Crippen LogP contribution is -2.73. The van der Waals surface area contributed by atoms with Gasteiger partial charge in [-0.25, -0.2) is 13.4 Å². The zero-order chi connectivity index (χ0) is 32.5. The van der Waals surface area contributed by atoms with E-state index in [4.69, 9.17) is 9.47 Å². The number of hydrogen-bond donors (Lipinski definition) is 1. The molecule has 3 aliphatic rings. The fourth-order valence-corrected chi connectivity index (χ4v) is 7.29. The number of fused-ring (bicyclic) bond motifs is 1. The van der Waals surface area contributed by atoms with Gasteiger partial charge in [0.2, 0.25) is 0 Å². The summed E-state index contributed by atoms with van der Waals surface area (Å²) in [6, 6.07) is 23.0. The van der Waals surface area contributed by atoms with E-state index in [9.17, 15) is 22.8 Å². The Hall–Kier alpha value is -4.26. The molecule has 0 spiro atoms. The summed E-state index contributed by atoms with van der Waals surface area (Å²) in [6.45, 7) is 8.23. The Kier molecular flexibility index (Phi) is 9.02. The predicted octanol–water partition coefficient (Wildman–Crippen LogP) is 4.14. The van der Waals surface area contributed by atoms with Crippen molar-refractivity contribution in [2.75, 3.05) is 22.8 Å². The molecule has 0 aromatic heterocycles. The number of hydrazine groups is 1. The van der Waals surface area contributed by atoms with Gasteiger partial charge in [-0.15, -0.1) is 0 Å². The van der Waals surface area contributed by atoms with Crippen LogP contribution < -0.4 is 9.73 Å². The fraction of sp³-hybridized carbons (Fsp3) is 0.364. The molecular weight excluding hydrogens is 596 g/mol. The molecule has 45 heavy (non-hydrogen) atoms. The molecule has 1 amide bonds. The van der Waals surface area contributed by atoms with Gasteiger partial charge in [0, 0.05) is 5.69 Å². The van der Waals surface area contributed by atoms with Crippen LogP contribution in [0.3, 0.4) is 0 Å². The number of rotatable bonds is 12. The number of ether oxygens (including phenoxy) is 2. The Morgan fingerprint density at radius 2 is 1.36 bits per heavy atom. The van der Waals surface area contributed by atoms with Crippen molar-refractivity contribution in [2.24, 2.45) is 0 Å². The smallest absolute Gasteiger partial charge is 0.320 e. The maximum absolute atomic E-state index is 14.6. The van der Waals surface area contributed by atoms with Crippen molar-refractivity contribution >= 4 is 39.2 Å². The lowest BCUT2D eigenvalue weighted by molar-refractivity contribution is -0.166. The summed E-state index contributed by atoms with van der Waals surface area (Å²) >= 11 is 0. The van der Waals surface area contributed by atoms with E-state index in [1.807, 2.05) is 42.3 Å². The normalized spacial score (nSPS) is 22.4. The second-order valence-corrected chi connectivity index (χ2v) is 13.4. The standard InChI is InChI=1S/C33H38N4O7S/c1-22(2)43-29(38)20-35(21-30(39)44-23(3)4)33-24(5)36(31(33)25-12-8-6-9-13-25)37(32(33)40)27-18-16-26(17-19-27)34-45(41,42)28-14-10-7-11-15-28/h6-19,22-24,31,34H,20-21H2,1-5H3. The summed E-state index contributed by atoms with van der Waals surface area (Å²) in [5.41, 5.74) is 0.358. The summed E-state index contributed by atoms with van der Waals surface area (Å²) in [7, 11) is -3.81. The number of nitrogens with zero attached hydrogens (tertiary/aromatic N) is 3. The lowest BCUT2D eigenvalue weighted by Gasteiger charge is -2.56. The summed E-state index contributed by atoms with van der Waals surface area (Å²) in [4.78, 5) is 42.4. The van der Waals surface area contributed by atoms with Crippen LogP contribution in [0.25, 0.3) is 0 Å². The lowest BCUT2D eigenvalue weighted by atomic mass is 9.71. The largest absolute Gasteiger partial charge is 0.462 e. The van der Waals surface area contributed by atoms with Crippen LogP contribution in [-0.2, 0) is 33.9 Å². The molecule has 238 valence electrons. The third-order valence-electron chi connectivity index (χ3n) is 7.91. The second kappa shape index (κ2) is 12.6.